The molecule has 1 amide bonds. The number of hydrogen-bond donors (Lipinski definition) is 0. The normalized spacial score (nSPS) is 18.9. The number of likely N-dealkylation sites (tertiary alicyclic amines) is 1. The minimum atomic E-state index is -3.52. The number of nitrogens with zero attached hydrogens (tertiary/aromatic N) is 4. The first-order valence-corrected chi connectivity index (χ1v) is 11.9. The maximum atomic E-state index is 12.6. The first-order valence-electron chi connectivity index (χ1n) is 9.38. The van der Waals surface area contributed by atoms with Crippen LogP contribution in [0.4, 0.5) is 10.5 Å². The van der Waals surface area contributed by atoms with Crippen LogP contribution >= 0.6 is 11.8 Å². The van der Waals surface area contributed by atoms with Crippen molar-refractivity contribution < 1.29 is 27.7 Å². The highest BCUT2D eigenvalue weighted by Gasteiger charge is 2.36. The number of benzene rings is 1. The van der Waals surface area contributed by atoms with Crippen molar-refractivity contribution in [1.82, 2.24) is 9.31 Å². The van der Waals surface area contributed by atoms with Gasteiger partial charge in [0.1, 0.15) is 6.61 Å². The van der Waals surface area contributed by atoms with E-state index in [4.69, 9.17) is 4.74 Å². The topological polar surface area (TPSA) is 139 Å². The van der Waals surface area contributed by atoms with Crippen molar-refractivity contribution in [3.8, 4) is 0 Å². The average Bonchev–Trinajstić information content (AvgIpc) is 3.12. The molecule has 1 saturated heterocycles. The molecule has 1 aliphatic rings. The van der Waals surface area contributed by atoms with E-state index in [-0.39, 0.29) is 35.0 Å². The fourth-order valence-electron chi connectivity index (χ4n) is 2.87. The van der Waals surface area contributed by atoms with Gasteiger partial charge in [-0.15, -0.1) is 0 Å². The second kappa shape index (κ2) is 10.6. The predicted octanol–water partition coefficient (Wildman–Crippen LogP) is 2.22. The van der Waals surface area contributed by atoms with Crippen molar-refractivity contribution in [1.29, 1.82) is 0 Å². The SMILES string of the molecule is CCS(=O)(=O)N(C)N=C[C@@H]1C[C@@H](SC(C)=O)CN1C(=O)OCc1ccc([N+](=O)[O-])cc1. The van der Waals surface area contributed by atoms with Gasteiger partial charge in [0.05, 0.1) is 16.7 Å². The lowest BCUT2D eigenvalue weighted by Gasteiger charge is -2.21. The Morgan fingerprint density at radius 2 is 2.03 bits per heavy atom. The second-order valence-electron chi connectivity index (χ2n) is 6.76. The molecular weight excluding hydrogens is 448 g/mol. The lowest BCUT2D eigenvalue weighted by Crippen LogP contribution is -2.37. The van der Waals surface area contributed by atoms with Gasteiger partial charge in [-0.05, 0) is 31.0 Å². The van der Waals surface area contributed by atoms with Crippen LogP contribution in [0, 0.1) is 10.1 Å². The van der Waals surface area contributed by atoms with Gasteiger partial charge in [0.2, 0.25) is 10.0 Å². The van der Waals surface area contributed by atoms with Gasteiger partial charge in [0.25, 0.3) is 5.69 Å². The highest BCUT2D eigenvalue weighted by molar-refractivity contribution is 8.14. The minimum Gasteiger partial charge on any atom is -0.445 e. The molecule has 0 radical (unpaired) electrons. The number of sulfonamides is 1. The van der Waals surface area contributed by atoms with Crippen LogP contribution in [0.5, 0.6) is 0 Å². The van der Waals surface area contributed by atoms with E-state index in [1.807, 2.05) is 0 Å². The molecule has 2 rings (SSSR count). The molecule has 13 heteroatoms. The minimum absolute atomic E-state index is 0.0684. The monoisotopic (exact) mass is 472 g/mol. The number of nitro groups is 1. The summed E-state index contributed by atoms with van der Waals surface area (Å²) in [5.41, 5.74) is 0.507. The lowest BCUT2D eigenvalue weighted by molar-refractivity contribution is -0.384. The van der Waals surface area contributed by atoms with Gasteiger partial charge >= 0.3 is 6.09 Å². The standard InChI is InChI=1S/C18H24N4O7S2/c1-4-31(27,28)20(3)19-10-16-9-17(30-13(2)23)11-21(16)18(24)29-12-14-5-7-15(8-6-14)22(25)26/h5-8,10,16-17H,4,9,11-12H2,1-3H3/t16-,17+/m0/s1. The second-order valence-corrected chi connectivity index (χ2v) is 10.5. The molecule has 0 spiro atoms. The van der Waals surface area contributed by atoms with Crippen LogP contribution in [0.15, 0.2) is 29.4 Å². The van der Waals surface area contributed by atoms with Gasteiger partial charge in [-0.1, -0.05) is 11.8 Å². The number of nitro benzene ring substituents is 1. The molecule has 31 heavy (non-hydrogen) atoms. The molecule has 0 saturated carbocycles. The first-order chi connectivity index (χ1) is 14.5. The largest absolute Gasteiger partial charge is 0.445 e. The first kappa shape index (κ1) is 24.6. The maximum Gasteiger partial charge on any atom is 0.410 e. The summed E-state index contributed by atoms with van der Waals surface area (Å²) in [6, 6.07) is 5.08. The van der Waals surface area contributed by atoms with Gasteiger partial charge in [0, 0.05) is 44.1 Å². The summed E-state index contributed by atoms with van der Waals surface area (Å²) in [7, 11) is -2.21. The van der Waals surface area contributed by atoms with Crippen LogP contribution in [0.3, 0.4) is 0 Å². The van der Waals surface area contributed by atoms with Crippen molar-refractivity contribution in [2.24, 2.45) is 5.10 Å². The van der Waals surface area contributed by atoms with Gasteiger partial charge in [-0.3, -0.25) is 19.8 Å². The van der Waals surface area contributed by atoms with Crippen LogP contribution in [-0.2, 0) is 26.2 Å². The average molecular weight is 473 g/mol. The third-order valence-electron chi connectivity index (χ3n) is 4.55. The zero-order chi connectivity index (χ0) is 23.2. The number of hydrogen-bond acceptors (Lipinski definition) is 9. The molecule has 1 aromatic rings. The Morgan fingerprint density at radius 3 is 2.58 bits per heavy atom. The number of rotatable bonds is 8. The Bertz CT molecular complexity index is 950. The van der Waals surface area contributed by atoms with Crippen LogP contribution in [0.2, 0.25) is 0 Å². The zero-order valence-corrected chi connectivity index (χ0v) is 19.0. The van der Waals surface area contributed by atoms with Gasteiger partial charge in [-0.25, -0.2) is 13.2 Å². The number of non-ortho nitro benzene ring substituents is 1. The molecule has 170 valence electrons. The van der Waals surface area contributed by atoms with E-state index in [0.29, 0.717) is 12.0 Å². The number of thioether (sulfide) groups is 1. The van der Waals surface area contributed by atoms with E-state index < -0.39 is 27.1 Å². The van der Waals surface area contributed by atoms with Crippen LogP contribution in [0.25, 0.3) is 0 Å². The number of carbonyl (C=O) groups is 2. The van der Waals surface area contributed by atoms with Crippen LogP contribution in [0.1, 0.15) is 25.8 Å². The smallest absolute Gasteiger partial charge is 0.410 e. The van der Waals surface area contributed by atoms with E-state index in [1.165, 1.54) is 56.3 Å². The number of ether oxygens (including phenoxy) is 1. The molecule has 1 aromatic carbocycles. The Balaban J connectivity index is 2.08. The van der Waals surface area contributed by atoms with E-state index in [1.54, 1.807) is 0 Å². The molecule has 0 aromatic heterocycles. The Morgan fingerprint density at radius 1 is 1.39 bits per heavy atom. The molecule has 1 fully saturated rings. The highest BCUT2D eigenvalue weighted by Crippen LogP contribution is 2.28. The Labute approximate surface area is 184 Å². The van der Waals surface area contributed by atoms with E-state index in [2.05, 4.69) is 5.10 Å². The number of carbonyl (C=O) groups excluding carboxylic acids is 2. The predicted molar refractivity (Wildman–Crippen MR) is 116 cm³/mol. The molecule has 0 aliphatic carbocycles. The fourth-order valence-corrected chi connectivity index (χ4v) is 4.44. The molecular formula is C18H24N4O7S2. The summed E-state index contributed by atoms with van der Waals surface area (Å²) >= 11 is 1.10. The lowest BCUT2D eigenvalue weighted by atomic mass is 10.2. The summed E-state index contributed by atoms with van der Waals surface area (Å²) in [5.74, 6) is -0.116. The third kappa shape index (κ3) is 6.92. The summed E-state index contributed by atoms with van der Waals surface area (Å²) in [6.45, 7) is 3.08. The third-order valence-corrected chi connectivity index (χ3v) is 7.19. The molecule has 11 nitrogen and oxygen atoms in total. The molecule has 0 bridgehead atoms. The zero-order valence-electron chi connectivity index (χ0n) is 17.3. The summed E-state index contributed by atoms with van der Waals surface area (Å²) in [4.78, 5) is 35.7. The van der Waals surface area contributed by atoms with Crippen LogP contribution < -0.4 is 0 Å². The van der Waals surface area contributed by atoms with E-state index in [9.17, 15) is 28.1 Å². The summed E-state index contributed by atoms with van der Waals surface area (Å²) < 4.78 is 29.9. The fraction of sp³-hybridized carbons (Fsp3) is 0.500. The molecule has 0 unspecified atom stereocenters. The number of amides is 1. The summed E-state index contributed by atoms with van der Waals surface area (Å²) in [6.07, 6.45) is 1.13. The van der Waals surface area contributed by atoms with Crippen molar-refractivity contribution in [2.75, 3.05) is 19.3 Å². The highest BCUT2D eigenvalue weighted by atomic mass is 32.2. The summed E-state index contributed by atoms with van der Waals surface area (Å²) in [5, 5.41) is 14.4. The van der Waals surface area contributed by atoms with Crippen molar-refractivity contribution in [3.05, 3.63) is 39.9 Å². The van der Waals surface area contributed by atoms with Gasteiger partial charge < -0.3 is 4.74 Å². The van der Waals surface area contributed by atoms with Crippen molar-refractivity contribution in [2.45, 2.75) is 38.2 Å². The van der Waals surface area contributed by atoms with E-state index in [0.717, 1.165) is 16.2 Å². The molecule has 1 aliphatic heterocycles. The quantitative estimate of drug-likeness (QED) is 0.319. The Kier molecular flexibility index (Phi) is 8.39. The van der Waals surface area contributed by atoms with Crippen molar-refractivity contribution >= 4 is 44.9 Å². The molecule has 2 atom stereocenters. The van der Waals surface area contributed by atoms with Gasteiger partial charge in [-0.2, -0.15) is 9.52 Å². The molecule has 1 heterocycles. The van der Waals surface area contributed by atoms with Crippen molar-refractivity contribution in [3.63, 3.8) is 0 Å². The maximum absolute atomic E-state index is 12.6. The number of hydrazone groups is 1. The van der Waals surface area contributed by atoms with E-state index >= 15 is 0 Å². The van der Waals surface area contributed by atoms with Crippen LogP contribution in [-0.4, -0.2) is 70.7 Å². The molecule has 0 N–H and O–H groups in total. The van der Waals surface area contributed by atoms with Gasteiger partial charge in [0.15, 0.2) is 5.12 Å². The Hall–Kier alpha value is -2.67.